The van der Waals surface area contributed by atoms with E-state index in [9.17, 15) is 4.79 Å². The molecule has 164 valence electrons. The van der Waals surface area contributed by atoms with E-state index in [1.54, 1.807) is 0 Å². The number of ether oxygens (including phenoxy) is 1. The van der Waals surface area contributed by atoms with E-state index in [1.807, 2.05) is 12.3 Å². The summed E-state index contributed by atoms with van der Waals surface area (Å²) in [6.07, 6.45) is 10.1. The van der Waals surface area contributed by atoms with Crippen LogP contribution in [0.2, 0.25) is 0 Å². The summed E-state index contributed by atoms with van der Waals surface area (Å²) in [5, 5.41) is 4.12. The first-order valence-electron chi connectivity index (χ1n) is 11.7. The summed E-state index contributed by atoms with van der Waals surface area (Å²) in [6, 6.07) is 8.58. The number of fused-ring (bicyclic) bond motifs is 1. The highest BCUT2D eigenvalue weighted by Gasteiger charge is 2.21. The molecule has 0 bridgehead atoms. The molecule has 1 fully saturated rings. The highest BCUT2D eigenvalue weighted by Crippen LogP contribution is 2.29. The molecule has 1 aliphatic rings. The molecule has 0 aliphatic carbocycles. The third-order valence-electron chi connectivity index (χ3n) is 5.83. The van der Waals surface area contributed by atoms with Crippen molar-refractivity contribution in [2.45, 2.75) is 71.3 Å². The van der Waals surface area contributed by atoms with Gasteiger partial charge in [-0.3, -0.25) is 9.78 Å². The van der Waals surface area contributed by atoms with Gasteiger partial charge in [-0.05, 0) is 68.8 Å². The molecular formula is C25H37N3O2. The second-order valence-corrected chi connectivity index (χ2v) is 8.38. The number of aromatic nitrogens is 1. The number of nitrogens with one attached hydrogen (secondary N) is 1. The fourth-order valence-corrected chi connectivity index (χ4v) is 4.08. The Bertz CT molecular complexity index is 800. The average molecular weight is 412 g/mol. The van der Waals surface area contributed by atoms with Gasteiger partial charge in [-0.15, -0.1) is 0 Å². The number of amides is 1. The lowest BCUT2D eigenvalue weighted by Crippen LogP contribution is -2.39. The van der Waals surface area contributed by atoms with Crippen molar-refractivity contribution in [1.82, 2.24) is 15.2 Å². The number of carbonyl (C=O) groups is 1. The molecule has 30 heavy (non-hydrogen) atoms. The van der Waals surface area contributed by atoms with Gasteiger partial charge in [0.15, 0.2) is 0 Å². The van der Waals surface area contributed by atoms with E-state index in [0.29, 0.717) is 6.42 Å². The number of unbranched alkanes of at least 4 members (excludes halogenated alkanes) is 1. The Morgan fingerprint density at radius 1 is 1.20 bits per heavy atom. The van der Waals surface area contributed by atoms with E-state index in [-0.39, 0.29) is 12.0 Å². The molecule has 1 aromatic carbocycles. The number of likely N-dealkylation sites (tertiary alicyclic amines) is 1. The van der Waals surface area contributed by atoms with Crippen molar-refractivity contribution in [3.05, 3.63) is 36.0 Å². The Labute approximate surface area is 181 Å². The van der Waals surface area contributed by atoms with Crippen LogP contribution in [0.15, 0.2) is 30.5 Å². The highest BCUT2D eigenvalue weighted by molar-refractivity contribution is 5.85. The molecule has 0 atom stereocenters. The van der Waals surface area contributed by atoms with Crippen molar-refractivity contribution in [1.29, 1.82) is 0 Å². The predicted molar refractivity (Wildman–Crippen MR) is 123 cm³/mol. The standard InChI is InChI=1S/C25H37N3O2/c1-3-5-8-20-18-21-9-6-14-27-25(21)23(19-20)30-22-11-16-28(17-12-22)15-7-10-24(29)26-13-4-2/h6,9,14,18-19,22H,3-5,7-8,10-13,15-17H2,1-2H3,(H,26,29). The number of aryl methyl sites for hydroxylation is 1. The van der Waals surface area contributed by atoms with Crippen molar-refractivity contribution in [2.24, 2.45) is 0 Å². The molecule has 1 aromatic heterocycles. The predicted octanol–water partition coefficient (Wildman–Crippen LogP) is 4.73. The van der Waals surface area contributed by atoms with Gasteiger partial charge in [-0.1, -0.05) is 26.3 Å². The van der Waals surface area contributed by atoms with Crippen molar-refractivity contribution >= 4 is 16.8 Å². The lowest BCUT2D eigenvalue weighted by Gasteiger charge is -2.32. The normalized spacial score (nSPS) is 15.4. The molecule has 5 nitrogen and oxygen atoms in total. The molecule has 1 saturated heterocycles. The van der Waals surface area contributed by atoms with Gasteiger partial charge < -0.3 is 15.0 Å². The summed E-state index contributed by atoms with van der Waals surface area (Å²) < 4.78 is 6.47. The number of hydrogen-bond donors (Lipinski definition) is 1. The zero-order chi connectivity index (χ0) is 21.2. The number of hydrogen-bond acceptors (Lipinski definition) is 4. The largest absolute Gasteiger partial charge is 0.488 e. The topological polar surface area (TPSA) is 54.5 Å². The van der Waals surface area contributed by atoms with Crippen LogP contribution in [0.25, 0.3) is 10.9 Å². The van der Waals surface area contributed by atoms with E-state index >= 15 is 0 Å². The minimum absolute atomic E-state index is 0.178. The molecule has 1 N–H and O–H groups in total. The lowest BCUT2D eigenvalue weighted by atomic mass is 10.0. The number of nitrogens with zero attached hydrogens (tertiary/aromatic N) is 2. The van der Waals surface area contributed by atoms with E-state index in [0.717, 1.165) is 69.5 Å². The first kappa shape index (κ1) is 22.5. The SMILES string of the molecule is CCCCc1cc(OC2CCN(CCCC(=O)NCCC)CC2)c2ncccc2c1. The second-order valence-electron chi connectivity index (χ2n) is 8.38. The fourth-order valence-electron chi connectivity index (χ4n) is 4.08. The van der Waals surface area contributed by atoms with Gasteiger partial charge >= 0.3 is 0 Å². The van der Waals surface area contributed by atoms with Crippen LogP contribution in [0.1, 0.15) is 64.4 Å². The number of pyridine rings is 1. The fraction of sp³-hybridized carbons (Fsp3) is 0.600. The molecule has 1 aliphatic heterocycles. The van der Waals surface area contributed by atoms with Crippen LogP contribution < -0.4 is 10.1 Å². The molecule has 0 radical (unpaired) electrons. The van der Waals surface area contributed by atoms with Gasteiger partial charge in [0.25, 0.3) is 0 Å². The Hall–Kier alpha value is -2.14. The third-order valence-corrected chi connectivity index (χ3v) is 5.83. The summed E-state index contributed by atoms with van der Waals surface area (Å²) in [6.45, 7) is 8.14. The molecule has 5 heteroatoms. The monoisotopic (exact) mass is 411 g/mol. The van der Waals surface area contributed by atoms with Gasteiger partial charge in [-0.25, -0.2) is 0 Å². The summed E-state index contributed by atoms with van der Waals surface area (Å²) in [5.74, 6) is 1.11. The molecule has 2 heterocycles. The lowest BCUT2D eigenvalue weighted by molar-refractivity contribution is -0.121. The van der Waals surface area contributed by atoms with E-state index in [2.05, 4.69) is 47.2 Å². The van der Waals surface area contributed by atoms with E-state index in [1.165, 1.54) is 23.8 Å². The van der Waals surface area contributed by atoms with Crippen LogP contribution in [0.3, 0.4) is 0 Å². The maximum atomic E-state index is 11.7. The van der Waals surface area contributed by atoms with Gasteiger partial charge in [0, 0.05) is 37.6 Å². The zero-order valence-corrected chi connectivity index (χ0v) is 18.7. The van der Waals surface area contributed by atoms with Gasteiger partial charge in [0.2, 0.25) is 5.91 Å². The summed E-state index contributed by atoms with van der Waals surface area (Å²) in [5.41, 5.74) is 2.31. The second kappa shape index (κ2) is 11.9. The smallest absolute Gasteiger partial charge is 0.220 e. The molecule has 3 rings (SSSR count). The summed E-state index contributed by atoms with van der Waals surface area (Å²) in [4.78, 5) is 18.8. The molecule has 2 aromatic rings. The molecule has 0 spiro atoms. The van der Waals surface area contributed by atoms with Crippen LogP contribution in [-0.4, -0.2) is 48.1 Å². The molecule has 1 amide bonds. The maximum absolute atomic E-state index is 11.7. The Kier molecular flexibility index (Phi) is 8.94. The maximum Gasteiger partial charge on any atom is 0.220 e. The first-order chi connectivity index (χ1) is 14.7. The van der Waals surface area contributed by atoms with Crippen LogP contribution in [0.5, 0.6) is 5.75 Å². The van der Waals surface area contributed by atoms with Gasteiger partial charge in [-0.2, -0.15) is 0 Å². The van der Waals surface area contributed by atoms with E-state index in [4.69, 9.17) is 4.74 Å². The van der Waals surface area contributed by atoms with Crippen LogP contribution in [0, 0.1) is 0 Å². The van der Waals surface area contributed by atoms with Crippen LogP contribution in [0.4, 0.5) is 0 Å². The zero-order valence-electron chi connectivity index (χ0n) is 18.7. The average Bonchev–Trinajstić information content (AvgIpc) is 2.77. The van der Waals surface area contributed by atoms with Crippen LogP contribution >= 0.6 is 0 Å². The minimum atomic E-state index is 0.178. The first-order valence-corrected chi connectivity index (χ1v) is 11.7. The Morgan fingerprint density at radius 2 is 2.03 bits per heavy atom. The van der Waals surface area contributed by atoms with Gasteiger partial charge in [0.05, 0.1) is 0 Å². The number of benzene rings is 1. The van der Waals surface area contributed by atoms with Gasteiger partial charge in [0.1, 0.15) is 17.4 Å². The van der Waals surface area contributed by atoms with Crippen molar-refractivity contribution in [3.63, 3.8) is 0 Å². The van der Waals surface area contributed by atoms with E-state index < -0.39 is 0 Å². The quantitative estimate of drug-likeness (QED) is 0.581. The minimum Gasteiger partial charge on any atom is -0.488 e. The van der Waals surface area contributed by atoms with Crippen molar-refractivity contribution in [2.75, 3.05) is 26.2 Å². The highest BCUT2D eigenvalue weighted by atomic mass is 16.5. The van der Waals surface area contributed by atoms with Crippen molar-refractivity contribution in [3.8, 4) is 5.75 Å². The molecule has 0 unspecified atom stereocenters. The third kappa shape index (κ3) is 6.69. The summed E-state index contributed by atoms with van der Waals surface area (Å²) in [7, 11) is 0. The van der Waals surface area contributed by atoms with Crippen molar-refractivity contribution < 1.29 is 9.53 Å². The Morgan fingerprint density at radius 3 is 2.80 bits per heavy atom. The molecule has 0 saturated carbocycles. The number of carbonyl (C=O) groups excluding carboxylic acids is 1. The number of rotatable bonds is 11. The number of piperidine rings is 1. The summed E-state index contributed by atoms with van der Waals surface area (Å²) >= 11 is 0. The van der Waals surface area contributed by atoms with Crippen LogP contribution in [-0.2, 0) is 11.2 Å². The molecular weight excluding hydrogens is 374 g/mol. The Balaban J connectivity index is 1.51.